The van der Waals surface area contributed by atoms with Crippen LogP contribution in [-0.4, -0.2) is 26.0 Å². The number of hydrogen-bond acceptors (Lipinski definition) is 4. The highest BCUT2D eigenvalue weighted by Gasteiger charge is 2.22. The maximum Gasteiger partial charge on any atom is 0.159 e. The smallest absolute Gasteiger partial charge is 0.159 e. The first-order valence-electron chi connectivity index (χ1n) is 5.39. The topological polar surface area (TPSA) is 30.5 Å². The van der Waals surface area contributed by atoms with Gasteiger partial charge in [0.1, 0.15) is 0 Å². The molecule has 1 fully saturated rings. The molecule has 15 heavy (non-hydrogen) atoms. The molecule has 2 heterocycles. The second-order valence-electron chi connectivity index (χ2n) is 3.57. The fourth-order valence-electron chi connectivity index (χ4n) is 1.79. The average molecular weight is 227 g/mol. The van der Waals surface area contributed by atoms with Crippen LogP contribution in [0, 0.1) is 0 Å². The highest BCUT2D eigenvalue weighted by Crippen LogP contribution is 2.23. The van der Waals surface area contributed by atoms with Crippen molar-refractivity contribution >= 4 is 11.3 Å². The minimum Gasteiger partial charge on any atom is -0.350 e. The third kappa shape index (κ3) is 3.01. The van der Waals surface area contributed by atoms with Gasteiger partial charge in [-0.2, -0.15) is 11.3 Å². The fraction of sp³-hybridized carbons (Fsp3) is 0.636. The quantitative estimate of drug-likeness (QED) is 0.836. The molecule has 0 aromatic carbocycles. The van der Waals surface area contributed by atoms with Gasteiger partial charge in [0.2, 0.25) is 0 Å². The summed E-state index contributed by atoms with van der Waals surface area (Å²) in [6, 6.07) is 2.51. The summed E-state index contributed by atoms with van der Waals surface area (Å²) >= 11 is 1.73. The van der Waals surface area contributed by atoms with Crippen molar-refractivity contribution in [3.8, 4) is 0 Å². The van der Waals surface area contributed by atoms with Crippen molar-refractivity contribution in [3.05, 3.63) is 22.4 Å². The molecule has 3 nitrogen and oxygen atoms in total. The Morgan fingerprint density at radius 3 is 2.93 bits per heavy atom. The Bertz CT molecular complexity index is 270. The van der Waals surface area contributed by atoms with E-state index < -0.39 is 0 Å². The highest BCUT2D eigenvalue weighted by molar-refractivity contribution is 7.07. The summed E-state index contributed by atoms with van der Waals surface area (Å²) in [5, 5.41) is 7.75. The Hall–Kier alpha value is -0.420. The molecule has 1 aliphatic heterocycles. The first-order valence-corrected chi connectivity index (χ1v) is 6.33. The van der Waals surface area contributed by atoms with E-state index in [0.717, 1.165) is 26.2 Å². The standard InChI is InChI=1S/C11H17NO2S/c1-2-12-10(9-3-6-15-8-9)7-11-13-4-5-14-11/h3,6,8,10-12H,2,4-5,7H2,1H3. The summed E-state index contributed by atoms with van der Waals surface area (Å²) in [4.78, 5) is 0. The fourth-order valence-corrected chi connectivity index (χ4v) is 2.51. The summed E-state index contributed by atoms with van der Waals surface area (Å²) in [5.41, 5.74) is 1.33. The molecular formula is C11H17NO2S. The zero-order chi connectivity index (χ0) is 10.5. The Kier molecular flexibility index (Phi) is 4.14. The van der Waals surface area contributed by atoms with Crippen LogP contribution >= 0.6 is 11.3 Å². The second-order valence-corrected chi connectivity index (χ2v) is 4.35. The number of nitrogens with one attached hydrogen (secondary N) is 1. The summed E-state index contributed by atoms with van der Waals surface area (Å²) in [6.07, 6.45) is 0.860. The van der Waals surface area contributed by atoms with Crippen LogP contribution in [0.1, 0.15) is 24.9 Å². The van der Waals surface area contributed by atoms with E-state index in [1.807, 2.05) is 0 Å². The molecule has 1 N–H and O–H groups in total. The molecule has 0 aliphatic carbocycles. The first-order chi connectivity index (χ1) is 7.40. The van der Waals surface area contributed by atoms with Gasteiger partial charge in [0.05, 0.1) is 13.2 Å². The molecule has 1 atom stereocenters. The summed E-state index contributed by atoms with van der Waals surface area (Å²) in [5.74, 6) is 0. The molecule has 1 aromatic rings. The maximum absolute atomic E-state index is 5.47. The molecule has 2 rings (SSSR count). The van der Waals surface area contributed by atoms with Gasteiger partial charge in [0, 0.05) is 12.5 Å². The van der Waals surface area contributed by atoms with E-state index in [1.165, 1.54) is 5.56 Å². The highest BCUT2D eigenvalue weighted by atomic mass is 32.1. The van der Waals surface area contributed by atoms with Crippen molar-refractivity contribution in [2.75, 3.05) is 19.8 Å². The van der Waals surface area contributed by atoms with Crippen molar-refractivity contribution in [1.82, 2.24) is 5.32 Å². The first kappa shape index (κ1) is 11.1. The molecule has 84 valence electrons. The van der Waals surface area contributed by atoms with Crippen LogP contribution in [0.5, 0.6) is 0 Å². The van der Waals surface area contributed by atoms with E-state index in [0.29, 0.717) is 6.04 Å². The van der Waals surface area contributed by atoms with Crippen LogP contribution in [0.3, 0.4) is 0 Å². The maximum atomic E-state index is 5.47. The molecule has 4 heteroatoms. The Morgan fingerprint density at radius 2 is 2.33 bits per heavy atom. The van der Waals surface area contributed by atoms with Gasteiger partial charge in [-0.05, 0) is 28.9 Å². The molecule has 1 aromatic heterocycles. The number of ether oxygens (including phenoxy) is 2. The van der Waals surface area contributed by atoms with E-state index in [1.54, 1.807) is 11.3 Å². The molecule has 1 unspecified atom stereocenters. The molecule has 1 aliphatic rings. The van der Waals surface area contributed by atoms with Crippen LogP contribution in [0.25, 0.3) is 0 Å². The van der Waals surface area contributed by atoms with Gasteiger partial charge >= 0.3 is 0 Å². The Balaban J connectivity index is 1.93. The molecule has 0 bridgehead atoms. The minimum atomic E-state index is -0.0334. The zero-order valence-corrected chi connectivity index (χ0v) is 9.76. The van der Waals surface area contributed by atoms with Crippen LogP contribution < -0.4 is 5.32 Å². The predicted molar refractivity (Wildman–Crippen MR) is 61.0 cm³/mol. The van der Waals surface area contributed by atoms with E-state index in [9.17, 15) is 0 Å². The Morgan fingerprint density at radius 1 is 1.53 bits per heavy atom. The van der Waals surface area contributed by atoms with Crippen molar-refractivity contribution in [2.45, 2.75) is 25.7 Å². The normalized spacial score (nSPS) is 19.5. The van der Waals surface area contributed by atoms with E-state index in [2.05, 4.69) is 29.1 Å². The molecule has 0 spiro atoms. The van der Waals surface area contributed by atoms with Crippen molar-refractivity contribution < 1.29 is 9.47 Å². The van der Waals surface area contributed by atoms with Crippen molar-refractivity contribution in [2.24, 2.45) is 0 Å². The van der Waals surface area contributed by atoms with Crippen molar-refractivity contribution in [1.29, 1.82) is 0 Å². The summed E-state index contributed by atoms with van der Waals surface area (Å²) < 4.78 is 10.9. The number of thiophene rings is 1. The largest absolute Gasteiger partial charge is 0.350 e. The Labute approximate surface area is 94.4 Å². The van der Waals surface area contributed by atoms with Gasteiger partial charge in [-0.1, -0.05) is 6.92 Å². The van der Waals surface area contributed by atoms with Crippen molar-refractivity contribution in [3.63, 3.8) is 0 Å². The lowest BCUT2D eigenvalue weighted by atomic mass is 10.1. The minimum absolute atomic E-state index is 0.0334. The number of rotatable bonds is 5. The predicted octanol–water partition coefficient (Wildman–Crippen LogP) is 2.16. The number of hydrogen-bond donors (Lipinski definition) is 1. The van der Waals surface area contributed by atoms with Gasteiger partial charge in [0.15, 0.2) is 6.29 Å². The van der Waals surface area contributed by atoms with Crippen LogP contribution in [0.15, 0.2) is 16.8 Å². The summed E-state index contributed by atoms with van der Waals surface area (Å²) in [7, 11) is 0. The SMILES string of the molecule is CCNC(CC1OCCO1)c1ccsc1. The average Bonchev–Trinajstić information content (AvgIpc) is 2.89. The summed E-state index contributed by atoms with van der Waals surface area (Å²) in [6.45, 7) is 4.54. The molecule has 0 saturated carbocycles. The lowest BCUT2D eigenvalue weighted by Gasteiger charge is -2.19. The lowest BCUT2D eigenvalue weighted by Crippen LogP contribution is -2.25. The second kappa shape index (κ2) is 5.61. The van der Waals surface area contributed by atoms with Crippen LogP contribution in [0.4, 0.5) is 0 Å². The van der Waals surface area contributed by atoms with E-state index in [-0.39, 0.29) is 6.29 Å². The third-order valence-electron chi connectivity index (χ3n) is 2.52. The van der Waals surface area contributed by atoms with Gasteiger partial charge in [-0.3, -0.25) is 0 Å². The molecule has 0 radical (unpaired) electrons. The lowest BCUT2D eigenvalue weighted by molar-refractivity contribution is -0.0529. The van der Waals surface area contributed by atoms with Crippen LogP contribution in [-0.2, 0) is 9.47 Å². The van der Waals surface area contributed by atoms with Gasteiger partial charge in [-0.25, -0.2) is 0 Å². The molecular weight excluding hydrogens is 210 g/mol. The molecule has 1 saturated heterocycles. The van der Waals surface area contributed by atoms with Gasteiger partial charge in [-0.15, -0.1) is 0 Å². The zero-order valence-electron chi connectivity index (χ0n) is 8.94. The van der Waals surface area contributed by atoms with Gasteiger partial charge < -0.3 is 14.8 Å². The molecule has 0 amide bonds. The van der Waals surface area contributed by atoms with Gasteiger partial charge in [0.25, 0.3) is 0 Å². The van der Waals surface area contributed by atoms with Crippen LogP contribution in [0.2, 0.25) is 0 Å². The monoisotopic (exact) mass is 227 g/mol. The third-order valence-corrected chi connectivity index (χ3v) is 3.22. The van der Waals surface area contributed by atoms with E-state index >= 15 is 0 Å². The van der Waals surface area contributed by atoms with E-state index in [4.69, 9.17) is 9.47 Å².